The van der Waals surface area contributed by atoms with Gasteiger partial charge in [0.1, 0.15) is 0 Å². The number of oxime groups is 1. The fourth-order valence-electron chi connectivity index (χ4n) is 2.43. The minimum atomic E-state index is 0.0787. The SMILES string of the molecule is CCC(CC)N(CCOC)c1cc(Cl)ccc1C(N)=NO. The van der Waals surface area contributed by atoms with Crippen molar-refractivity contribution in [2.45, 2.75) is 32.7 Å². The topological polar surface area (TPSA) is 71.1 Å². The monoisotopic (exact) mass is 313 g/mol. The quantitative estimate of drug-likeness (QED) is 0.335. The molecule has 0 aliphatic heterocycles. The Morgan fingerprint density at radius 3 is 2.62 bits per heavy atom. The number of benzene rings is 1. The molecule has 0 saturated carbocycles. The van der Waals surface area contributed by atoms with E-state index in [1.54, 1.807) is 19.2 Å². The fourth-order valence-corrected chi connectivity index (χ4v) is 2.60. The predicted molar refractivity (Wildman–Crippen MR) is 87.6 cm³/mol. The van der Waals surface area contributed by atoms with E-state index in [4.69, 9.17) is 27.3 Å². The Morgan fingerprint density at radius 2 is 2.10 bits per heavy atom. The van der Waals surface area contributed by atoms with Gasteiger partial charge >= 0.3 is 0 Å². The summed E-state index contributed by atoms with van der Waals surface area (Å²) in [6.45, 7) is 5.59. The van der Waals surface area contributed by atoms with Crippen LogP contribution in [0.25, 0.3) is 0 Å². The Hall–Kier alpha value is -1.46. The van der Waals surface area contributed by atoms with E-state index in [1.807, 2.05) is 6.07 Å². The second-order valence-corrected chi connectivity index (χ2v) is 5.24. The Kier molecular flexibility index (Phi) is 7.32. The molecular weight excluding hydrogens is 290 g/mol. The number of methoxy groups -OCH3 is 1. The smallest absolute Gasteiger partial charge is 0.172 e. The Bertz CT molecular complexity index is 476. The van der Waals surface area contributed by atoms with Crippen molar-refractivity contribution in [1.82, 2.24) is 0 Å². The molecule has 0 radical (unpaired) electrons. The molecule has 1 aromatic rings. The van der Waals surface area contributed by atoms with Crippen LogP contribution in [0.4, 0.5) is 5.69 Å². The average molecular weight is 314 g/mol. The van der Waals surface area contributed by atoms with Gasteiger partial charge in [0, 0.05) is 36.0 Å². The maximum absolute atomic E-state index is 8.98. The number of halogens is 1. The van der Waals surface area contributed by atoms with Crippen LogP contribution in [0.5, 0.6) is 0 Å². The number of nitrogens with zero attached hydrogens (tertiary/aromatic N) is 2. The predicted octanol–water partition coefficient (Wildman–Crippen LogP) is 3.08. The van der Waals surface area contributed by atoms with Crippen LogP contribution in [-0.4, -0.2) is 37.3 Å². The van der Waals surface area contributed by atoms with Crippen LogP contribution in [0.2, 0.25) is 5.02 Å². The molecule has 0 atom stereocenters. The Labute approximate surface area is 131 Å². The summed E-state index contributed by atoms with van der Waals surface area (Å²) < 4.78 is 5.20. The van der Waals surface area contributed by atoms with Gasteiger partial charge in [0.25, 0.3) is 0 Å². The lowest BCUT2D eigenvalue weighted by atomic mass is 10.1. The van der Waals surface area contributed by atoms with Crippen molar-refractivity contribution in [2.75, 3.05) is 25.2 Å². The highest BCUT2D eigenvalue weighted by atomic mass is 35.5. The van der Waals surface area contributed by atoms with Gasteiger partial charge in [0.2, 0.25) is 0 Å². The van der Waals surface area contributed by atoms with Crippen molar-refractivity contribution >= 4 is 23.1 Å². The summed E-state index contributed by atoms with van der Waals surface area (Å²) in [4.78, 5) is 2.21. The molecule has 5 nitrogen and oxygen atoms in total. The van der Waals surface area contributed by atoms with Gasteiger partial charge in [-0.1, -0.05) is 30.6 Å². The first kappa shape index (κ1) is 17.6. The van der Waals surface area contributed by atoms with E-state index < -0.39 is 0 Å². The van der Waals surface area contributed by atoms with Crippen molar-refractivity contribution in [1.29, 1.82) is 0 Å². The highest BCUT2D eigenvalue weighted by Gasteiger charge is 2.20. The third-order valence-electron chi connectivity index (χ3n) is 3.57. The van der Waals surface area contributed by atoms with Gasteiger partial charge in [0.15, 0.2) is 5.84 Å². The maximum Gasteiger partial charge on any atom is 0.172 e. The number of nitrogens with two attached hydrogens (primary N) is 1. The van der Waals surface area contributed by atoms with Crippen molar-refractivity contribution < 1.29 is 9.94 Å². The van der Waals surface area contributed by atoms with E-state index in [1.165, 1.54) is 0 Å². The van der Waals surface area contributed by atoms with Gasteiger partial charge in [-0.15, -0.1) is 0 Å². The third-order valence-corrected chi connectivity index (χ3v) is 3.81. The van der Waals surface area contributed by atoms with E-state index in [0.717, 1.165) is 25.1 Å². The van der Waals surface area contributed by atoms with Crippen LogP contribution < -0.4 is 10.6 Å². The first-order valence-corrected chi connectivity index (χ1v) is 7.49. The van der Waals surface area contributed by atoms with Crippen molar-refractivity contribution in [3.05, 3.63) is 28.8 Å². The summed E-state index contributed by atoms with van der Waals surface area (Å²) in [6, 6.07) is 5.70. The zero-order chi connectivity index (χ0) is 15.8. The summed E-state index contributed by atoms with van der Waals surface area (Å²) in [5.41, 5.74) is 7.33. The van der Waals surface area contributed by atoms with Crippen LogP contribution in [0.1, 0.15) is 32.3 Å². The molecule has 0 spiro atoms. The zero-order valence-corrected chi connectivity index (χ0v) is 13.6. The summed E-state index contributed by atoms with van der Waals surface area (Å²) in [7, 11) is 1.67. The van der Waals surface area contributed by atoms with Crippen LogP contribution in [-0.2, 0) is 4.74 Å². The van der Waals surface area contributed by atoms with E-state index in [0.29, 0.717) is 23.2 Å². The first-order valence-electron chi connectivity index (χ1n) is 7.11. The van der Waals surface area contributed by atoms with E-state index in [2.05, 4.69) is 23.9 Å². The third kappa shape index (κ3) is 4.51. The second-order valence-electron chi connectivity index (χ2n) is 4.80. The van der Waals surface area contributed by atoms with Crippen molar-refractivity contribution in [2.24, 2.45) is 10.9 Å². The lowest BCUT2D eigenvalue weighted by Crippen LogP contribution is -2.38. The molecule has 1 rings (SSSR count). The molecule has 0 heterocycles. The van der Waals surface area contributed by atoms with Gasteiger partial charge in [-0.3, -0.25) is 0 Å². The molecule has 0 aliphatic carbocycles. The lowest BCUT2D eigenvalue weighted by molar-refractivity contribution is 0.202. The maximum atomic E-state index is 8.98. The number of ether oxygens (including phenoxy) is 1. The molecule has 0 fully saturated rings. The molecule has 0 saturated heterocycles. The first-order chi connectivity index (χ1) is 10.1. The summed E-state index contributed by atoms with van der Waals surface area (Å²) in [6.07, 6.45) is 1.98. The number of hydrogen-bond donors (Lipinski definition) is 2. The van der Waals surface area contributed by atoms with Gasteiger partial charge in [-0.25, -0.2) is 0 Å². The lowest BCUT2D eigenvalue weighted by Gasteiger charge is -2.34. The van der Waals surface area contributed by atoms with Crippen molar-refractivity contribution in [3.63, 3.8) is 0 Å². The highest BCUT2D eigenvalue weighted by Crippen LogP contribution is 2.28. The van der Waals surface area contributed by atoms with Gasteiger partial charge in [-0.2, -0.15) is 0 Å². The molecule has 0 aromatic heterocycles. The largest absolute Gasteiger partial charge is 0.409 e. The van der Waals surface area contributed by atoms with Gasteiger partial charge in [0.05, 0.1) is 6.61 Å². The molecule has 3 N–H and O–H groups in total. The normalized spacial score (nSPS) is 12.0. The minimum Gasteiger partial charge on any atom is -0.409 e. The van der Waals surface area contributed by atoms with Crippen LogP contribution in [0, 0.1) is 0 Å². The van der Waals surface area contributed by atoms with Crippen LogP contribution in [0.15, 0.2) is 23.4 Å². The highest BCUT2D eigenvalue weighted by molar-refractivity contribution is 6.31. The molecule has 21 heavy (non-hydrogen) atoms. The number of anilines is 1. The molecule has 0 unspecified atom stereocenters. The van der Waals surface area contributed by atoms with Gasteiger partial charge in [-0.05, 0) is 31.0 Å². The summed E-state index contributed by atoms with van der Waals surface area (Å²) in [5, 5.41) is 12.7. The Balaban J connectivity index is 3.30. The number of hydrogen-bond acceptors (Lipinski definition) is 4. The zero-order valence-electron chi connectivity index (χ0n) is 12.8. The average Bonchev–Trinajstić information content (AvgIpc) is 2.50. The minimum absolute atomic E-state index is 0.0787. The molecule has 6 heteroatoms. The molecule has 118 valence electrons. The second kappa shape index (κ2) is 8.74. The van der Waals surface area contributed by atoms with Crippen LogP contribution in [0.3, 0.4) is 0 Å². The molecule has 1 aromatic carbocycles. The van der Waals surface area contributed by atoms with E-state index in [9.17, 15) is 0 Å². The fraction of sp³-hybridized carbons (Fsp3) is 0.533. The van der Waals surface area contributed by atoms with Crippen LogP contribution >= 0.6 is 11.6 Å². The van der Waals surface area contributed by atoms with E-state index in [-0.39, 0.29) is 5.84 Å². The molecule has 0 amide bonds. The Morgan fingerprint density at radius 1 is 1.43 bits per heavy atom. The number of rotatable bonds is 8. The molecule has 0 bridgehead atoms. The van der Waals surface area contributed by atoms with E-state index >= 15 is 0 Å². The van der Waals surface area contributed by atoms with Crippen molar-refractivity contribution in [3.8, 4) is 0 Å². The number of amidine groups is 1. The molecule has 0 aliphatic rings. The van der Waals surface area contributed by atoms with Gasteiger partial charge < -0.3 is 20.6 Å². The molecular formula is C15H24ClN3O2. The standard InChI is InChI=1S/C15H24ClN3O2/c1-4-12(5-2)19(8-9-21-3)14-10-11(16)6-7-13(14)15(17)18-20/h6-7,10,12,20H,4-5,8-9H2,1-3H3,(H2,17,18). The summed E-state index contributed by atoms with van der Waals surface area (Å²) in [5.74, 6) is 0.0787. The summed E-state index contributed by atoms with van der Waals surface area (Å²) >= 11 is 6.13.